The minimum absolute atomic E-state index is 0.257. The second-order valence-corrected chi connectivity index (χ2v) is 7.78. The lowest BCUT2D eigenvalue weighted by molar-refractivity contribution is 0.146. The monoisotopic (exact) mass is 438 g/mol. The zero-order valence-corrected chi connectivity index (χ0v) is 17.3. The number of rotatable bonds is 4. The molecule has 0 aliphatic carbocycles. The summed E-state index contributed by atoms with van der Waals surface area (Å²) < 4.78 is 42.0. The van der Waals surface area contributed by atoms with Gasteiger partial charge >= 0.3 is 0 Å². The summed E-state index contributed by atoms with van der Waals surface area (Å²) in [5.74, 6) is 0.916. The highest BCUT2D eigenvalue weighted by Crippen LogP contribution is 2.31. The van der Waals surface area contributed by atoms with Gasteiger partial charge in [-0.2, -0.15) is 0 Å². The molecule has 1 fully saturated rings. The van der Waals surface area contributed by atoms with E-state index >= 15 is 0 Å². The number of halogens is 3. The maximum Gasteiger partial charge on any atom is 0.280 e. The number of benzene rings is 1. The molecule has 164 valence electrons. The number of hydrogen-bond acceptors (Lipinski definition) is 5. The third-order valence-electron chi connectivity index (χ3n) is 5.63. The molecule has 6 nitrogen and oxygen atoms in total. The maximum atomic E-state index is 13.5. The van der Waals surface area contributed by atoms with Gasteiger partial charge in [0.05, 0.1) is 5.69 Å². The SMILES string of the molecule is CC1CNCCN1c1ccc2nc(-c3ccc(F)cc3)n(-c3ccnc(C(F)F)c3)c2n1. The van der Waals surface area contributed by atoms with E-state index in [0.717, 1.165) is 25.5 Å². The minimum atomic E-state index is -2.70. The van der Waals surface area contributed by atoms with Crippen LogP contribution in [0.2, 0.25) is 0 Å². The Morgan fingerprint density at radius 1 is 1.06 bits per heavy atom. The topological polar surface area (TPSA) is 58.9 Å². The summed E-state index contributed by atoms with van der Waals surface area (Å²) in [4.78, 5) is 15.6. The van der Waals surface area contributed by atoms with Crippen molar-refractivity contribution in [2.75, 3.05) is 24.5 Å². The van der Waals surface area contributed by atoms with Crippen LogP contribution in [0.1, 0.15) is 19.0 Å². The Kier molecular flexibility index (Phi) is 5.26. The van der Waals surface area contributed by atoms with Gasteiger partial charge in [-0.15, -0.1) is 0 Å². The molecule has 1 N–H and O–H groups in total. The van der Waals surface area contributed by atoms with Crippen molar-refractivity contribution in [1.82, 2.24) is 24.8 Å². The second-order valence-electron chi connectivity index (χ2n) is 7.78. The summed E-state index contributed by atoms with van der Waals surface area (Å²) in [6, 6.07) is 13.0. The number of imidazole rings is 1. The first kappa shape index (κ1) is 20.4. The Balaban J connectivity index is 1.73. The van der Waals surface area contributed by atoms with E-state index in [1.807, 2.05) is 12.1 Å². The molecule has 1 atom stereocenters. The number of piperazine rings is 1. The van der Waals surface area contributed by atoms with Crippen LogP contribution in [0, 0.1) is 5.82 Å². The lowest BCUT2D eigenvalue weighted by atomic mass is 10.2. The number of nitrogens with one attached hydrogen (secondary N) is 1. The number of fused-ring (bicyclic) bond motifs is 1. The van der Waals surface area contributed by atoms with Gasteiger partial charge < -0.3 is 10.2 Å². The van der Waals surface area contributed by atoms with Crippen LogP contribution in [0.15, 0.2) is 54.7 Å². The first-order chi connectivity index (χ1) is 15.5. The Morgan fingerprint density at radius 3 is 2.62 bits per heavy atom. The number of alkyl halides is 2. The van der Waals surface area contributed by atoms with Gasteiger partial charge in [0.1, 0.15) is 28.7 Å². The third kappa shape index (κ3) is 3.69. The highest BCUT2D eigenvalue weighted by atomic mass is 19.3. The van der Waals surface area contributed by atoms with Crippen molar-refractivity contribution in [3.63, 3.8) is 0 Å². The van der Waals surface area contributed by atoms with Gasteiger partial charge in [-0.25, -0.2) is 23.1 Å². The maximum absolute atomic E-state index is 13.5. The average molecular weight is 438 g/mol. The number of pyridine rings is 2. The summed E-state index contributed by atoms with van der Waals surface area (Å²) >= 11 is 0. The van der Waals surface area contributed by atoms with Crippen molar-refractivity contribution in [1.29, 1.82) is 0 Å². The van der Waals surface area contributed by atoms with Crippen LogP contribution >= 0.6 is 0 Å². The first-order valence-corrected chi connectivity index (χ1v) is 10.4. The lowest BCUT2D eigenvalue weighted by Crippen LogP contribution is -2.50. The van der Waals surface area contributed by atoms with Crippen LogP contribution < -0.4 is 10.2 Å². The first-order valence-electron chi connectivity index (χ1n) is 10.4. The van der Waals surface area contributed by atoms with Gasteiger partial charge in [-0.05, 0) is 55.5 Å². The standard InChI is InChI=1S/C23H21F3N6/c1-14-13-27-10-11-31(14)20-7-6-18-23(30-20)32(17-8-9-28-19(12-17)21(25)26)22(29-18)15-2-4-16(24)5-3-15/h2-9,12,14,21,27H,10-11,13H2,1H3. The molecular formula is C23H21F3N6. The minimum Gasteiger partial charge on any atom is -0.351 e. The van der Waals surface area contributed by atoms with E-state index in [2.05, 4.69) is 22.1 Å². The summed E-state index contributed by atoms with van der Waals surface area (Å²) in [5.41, 5.74) is 1.94. The molecule has 32 heavy (non-hydrogen) atoms. The molecule has 1 aromatic carbocycles. The smallest absolute Gasteiger partial charge is 0.280 e. The quantitative estimate of drug-likeness (QED) is 0.513. The molecule has 0 bridgehead atoms. The second kappa shape index (κ2) is 8.23. The zero-order valence-electron chi connectivity index (χ0n) is 17.3. The van der Waals surface area contributed by atoms with Crippen molar-refractivity contribution in [3.8, 4) is 17.1 Å². The van der Waals surface area contributed by atoms with E-state index in [4.69, 9.17) is 9.97 Å². The number of hydrogen-bond donors (Lipinski definition) is 1. The van der Waals surface area contributed by atoms with E-state index in [9.17, 15) is 13.2 Å². The zero-order chi connectivity index (χ0) is 22.2. The molecule has 4 heterocycles. The van der Waals surface area contributed by atoms with Crippen molar-refractivity contribution in [2.24, 2.45) is 0 Å². The van der Waals surface area contributed by atoms with Crippen LogP contribution in [-0.4, -0.2) is 45.2 Å². The fourth-order valence-electron chi connectivity index (χ4n) is 4.02. The largest absolute Gasteiger partial charge is 0.351 e. The van der Waals surface area contributed by atoms with Gasteiger partial charge in [0.25, 0.3) is 6.43 Å². The Bertz CT molecular complexity index is 1250. The van der Waals surface area contributed by atoms with Crippen molar-refractivity contribution in [3.05, 3.63) is 66.2 Å². The Labute approximate surface area is 182 Å². The molecule has 0 saturated carbocycles. The van der Waals surface area contributed by atoms with Crippen molar-refractivity contribution in [2.45, 2.75) is 19.4 Å². The normalized spacial score (nSPS) is 16.8. The number of anilines is 1. The summed E-state index contributed by atoms with van der Waals surface area (Å²) in [5, 5.41) is 3.36. The van der Waals surface area contributed by atoms with Gasteiger partial charge in [0, 0.05) is 37.4 Å². The van der Waals surface area contributed by atoms with E-state index in [0.29, 0.717) is 28.2 Å². The fraction of sp³-hybridized carbons (Fsp3) is 0.261. The van der Waals surface area contributed by atoms with Crippen LogP contribution in [0.3, 0.4) is 0 Å². The third-order valence-corrected chi connectivity index (χ3v) is 5.63. The highest BCUT2D eigenvalue weighted by Gasteiger charge is 2.22. The Hall–Kier alpha value is -3.46. The predicted molar refractivity (Wildman–Crippen MR) is 117 cm³/mol. The predicted octanol–water partition coefficient (Wildman–Crippen LogP) is 4.36. The van der Waals surface area contributed by atoms with Crippen molar-refractivity contribution >= 4 is 17.0 Å². The van der Waals surface area contributed by atoms with E-state index < -0.39 is 6.43 Å². The van der Waals surface area contributed by atoms with Crippen LogP contribution in [0.4, 0.5) is 19.0 Å². The molecule has 1 aliphatic rings. The fourth-order valence-corrected chi connectivity index (χ4v) is 4.02. The average Bonchev–Trinajstić information content (AvgIpc) is 3.18. The van der Waals surface area contributed by atoms with Crippen LogP contribution in [0.5, 0.6) is 0 Å². The summed E-state index contributed by atoms with van der Waals surface area (Å²) in [6.45, 7) is 4.63. The van der Waals surface area contributed by atoms with Gasteiger partial charge in [0.15, 0.2) is 5.65 Å². The van der Waals surface area contributed by atoms with E-state index in [1.54, 1.807) is 22.8 Å². The van der Waals surface area contributed by atoms with E-state index in [-0.39, 0.29) is 17.6 Å². The molecular weight excluding hydrogens is 417 g/mol. The van der Waals surface area contributed by atoms with Gasteiger partial charge in [-0.1, -0.05) is 0 Å². The highest BCUT2D eigenvalue weighted by molar-refractivity contribution is 5.81. The molecule has 1 unspecified atom stereocenters. The molecule has 4 aromatic rings. The van der Waals surface area contributed by atoms with E-state index in [1.165, 1.54) is 24.4 Å². The van der Waals surface area contributed by atoms with Gasteiger partial charge in [-0.3, -0.25) is 9.55 Å². The van der Waals surface area contributed by atoms with Gasteiger partial charge in [0.2, 0.25) is 0 Å². The summed E-state index contributed by atoms with van der Waals surface area (Å²) in [6.07, 6.45) is -1.36. The summed E-state index contributed by atoms with van der Waals surface area (Å²) in [7, 11) is 0. The number of aromatic nitrogens is 4. The number of nitrogens with zero attached hydrogens (tertiary/aromatic N) is 5. The molecule has 3 aromatic heterocycles. The molecule has 5 rings (SSSR count). The van der Waals surface area contributed by atoms with Crippen molar-refractivity contribution < 1.29 is 13.2 Å². The molecule has 0 radical (unpaired) electrons. The van der Waals surface area contributed by atoms with Crippen LogP contribution in [-0.2, 0) is 0 Å². The molecule has 1 saturated heterocycles. The lowest BCUT2D eigenvalue weighted by Gasteiger charge is -2.34. The molecule has 1 aliphatic heterocycles. The molecule has 9 heteroatoms. The van der Waals surface area contributed by atoms with Crippen LogP contribution in [0.25, 0.3) is 28.2 Å². The molecule has 0 spiro atoms. The molecule has 0 amide bonds. The Morgan fingerprint density at radius 2 is 1.88 bits per heavy atom.